The van der Waals surface area contributed by atoms with Crippen molar-refractivity contribution in [3.63, 3.8) is 0 Å². The first-order valence-corrected chi connectivity index (χ1v) is 9.87. The van der Waals surface area contributed by atoms with E-state index < -0.39 is 10.9 Å². The number of benzene rings is 2. The Morgan fingerprint density at radius 2 is 2.00 bits per heavy atom. The lowest BCUT2D eigenvalue weighted by Gasteiger charge is -2.08. The number of carbonyl (C=O) groups is 1. The summed E-state index contributed by atoms with van der Waals surface area (Å²) in [4.78, 5) is 27.3. The number of nitro benzene ring substituents is 1. The van der Waals surface area contributed by atoms with Gasteiger partial charge in [-0.15, -0.1) is 0 Å². The number of aliphatic imine (C=N–C) groups is 1. The molecule has 1 aliphatic rings. The summed E-state index contributed by atoms with van der Waals surface area (Å²) in [5.41, 5.74) is 0.256. The fraction of sp³-hybridized carbons (Fsp3) is 0.143. The van der Waals surface area contributed by atoms with Crippen LogP contribution in [0.5, 0.6) is 11.5 Å². The van der Waals surface area contributed by atoms with Gasteiger partial charge in [-0.05, 0) is 25.1 Å². The van der Waals surface area contributed by atoms with Gasteiger partial charge >= 0.3 is 5.97 Å². The van der Waals surface area contributed by atoms with Gasteiger partial charge in [0.1, 0.15) is 16.4 Å². The number of non-ortho nitro benzene ring substituents is 1. The number of nitrogens with zero attached hydrogens (tertiary/aromatic N) is 2. The monoisotopic (exact) mass is 442 g/mol. The van der Waals surface area contributed by atoms with E-state index >= 15 is 0 Å². The van der Waals surface area contributed by atoms with E-state index in [1.165, 1.54) is 30.3 Å². The number of nitro groups is 1. The second kappa shape index (κ2) is 9.35. The molecule has 2 N–H and O–H groups in total. The van der Waals surface area contributed by atoms with Crippen molar-refractivity contribution in [2.75, 3.05) is 13.7 Å². The van der Waals surface area contributed by atoms with Gasteiger partial charge in [-0.3, -0.25) is 10.1 Å². The summed E-state index contributed by atoms with van der Waals surface area (Å²) in [7, 11) is 1.16. The van der Waals surface area contributed by atoms with E-state index in [2.05, 4.69) is 4.99 Å². The van der Waals surface area contributed by atoms with Crippen molar-refractivity contribution in [2.45, 2.75) is 6.92 Å². The summed E-state index contributed by atoms with van der Waals surface area (Å²) >= 11 is 0.967. The lowest BCUT2D eigenvalue weighted by molar-refractivity contribution is -0.384. The summed E-state index contributed by atoms with van der Waals surface area (Å²) in [5.74, 6) is -1.02. The quantitative estimate of drug-likeness (QED) is 0.380. The van der Waals surface area contributed by atoms with Crippen LogP contribution in [0.25, 0.3) is 6.08 Å². The molecule has 0 bridgehead atoms. The number of hydrogen-bond acceptors (Lipinski definition) is 9. The molecule has 160 valence electrons. The van der Waals surface area contributed by atoms with Gasteiger partial charge < -0.3 is 19.7 Å². The standard InChI is InChI=1S/C21H18N2O7S/c1-3-30-15-9-4-6-12(18(15)24)10-16-19(25)17(21(26)29-2)20(31-16)22-13-7-5-8-14(11-13)23(27)28/h4-11,24-25H,3H2,1-2H3/b16-10+,22-20?. The molecule has 0 aliphatic carbocycles. The van der Waals surface area contributed by atoms with Crippen molar-refractivity contribution >= 4 is 40.2 Å². The number of rotatable bonds is 6. The van der Waals surface area contributed by atoms with Crippen LogP contribution >= 0.6 is 11.8 Å². The van der Waals surface area contributed by atoms with Crippen LogP contribution in [0, 0.1) is 10.1 Å². The van der Waals surface area contributed by atoms with E-state index in [4.69, 9.17) is 9.47 Å². The molecule has 9 nitrogen and oxygen atoms in total. The fourth-order valence-corrected chi connectivity index (χ4v) is 3.78. The third-order valence-electron chi connectivity index (χ3n) is 4.17. The number of thioether (sulfide) groups is 1. The highest BCUT2D eigenvalue weighted by molar-refractivity contribution is 8.18. The van der Waals surface area contributed by atoms with Gasteiger partial charge in [0.2, 0.25) is 0 Å². The molecule has 0 unspecified atom stereocenters. The van der Waals surface area contributed by atoms with Crippen molar-refractivity contribution in [3.05, 3.63) is 74.4 Å². The Labute approximate surface area is 181 Å². The zero-order chi connectivity index (χ0) is 22.5. The molecule has 3 rings (SSSR count). The van der Waals surface area contributed by atoms with Crippen LogP contribution in [-0.2, 0) is 9.53 Å². The van der Waals surface area contributed by atoms with Crippen LogP contribution in [0.15, 0.2) is 63.7 Å². The number of phenols is 1. The van der Waals surface area contributed by atoms with Gasteiger partial charge in [-0.25, -0.2) is 9.79 Å². The second-order valence-corrected chi connectivity index (χ2v) is 7.18. The maximum absolute atomic E-state index is 12.3. The topological polar surface area (TPSA) is 131 Å². The van der Waals surface area contributed by atoms with Crippen molar-refractivity contribution in [3.8, 4) is 11.5 Å². The third kappa shape index (κ3) is 4.69. The van der Waals surface area contributed by atoms with Crippen LogP contribution in [-0.4, -0.2) is 39.9 Å². The molecule has 1 aliphatic heterocycles. The smallest absolute Gasteiger partial charge is 0.344 e. The third-order valence-corrected chi connectivity index (χ3v) is 5.19. The van der Waals surface area contributed by atoms with Gasteiger partial charge in [0.15, 0.2) is 11.5 Å². The summed E-state index contributed by atoms with van der Waals surface area (Å²) in [6.07, 6.45) is 1.48. The molecule has 31 heavy (non-hydrogen) atoms. The van der Waals surface area contributed by atoms with Gasteiger partial charge in [0.25, 0.3) is 5.69 Å². The molecule has 0 radical (unpaired) electrons. The van der Waals surface area contributed by atoms with Crippen LogP contribution in [0.4, 0.5) is 11.4 Å². The van der Waals surface area contributed by atoms with Crippen molar-refractivity contribution in [2.24, 2.45) is 4.99 Å². The van der Waals surface area contributed by atoms with Crippen LogP contribution in [0.1, 0.15) is 12.5 Å². The van der Waals surface area contributed by atoms with E-state index in [0.717, 1.165) is 18.9 Å². The molecular formula is C21H18N2O7S. The molecule has 2 aromatic carbocycles. The Kier molecular flexibility index (Phi) is 6.61. The van der Waals surface area contributed by atoms with Crippen molar-refractivity contribution < 1.29 is 29.4 Å². The lowest BCUT2D eigenvalue weighted by atomic mass is 10.1. The minimum Gasteiger partial charge on any atom is -0.506 e. The van der Waals surface area contributed by atoms with Crippen LogP contribution < -0.4 is 4.74 Å². The molecular weight excluding hydrogens is 424 g/mol. The van der Waals surface area contributed by atoms with E-state index in [0.29, 0.717) is 12.2 Å². The normalized spacial score (nSPS) is 16.1. The molecule has 2 aromatic rings. The second-order valence-electron chi connectivity index (χ2n) is 6.15. The average Bonchev–Trinajstić information content (AvgIpc) is 3.05. The van der Waals surface area contributed by atoms with E-state index in [1.807, 2.05) is 0 Å². The van der Waals surface area contributed by atoms with Gasteiger partial charge in [0, 0.05) is 17.7 Å². The average molecular weight is 442 g/mol. The number of aliphatic hydroxyl groups is 1. The zero-order valence-corrected chi connectivity index (χ0v) is 17.4. The number of phenolic OH excluding ortho intramolecular Hbond substituents is 1. The molecule has 0 atom stereocenters. The maximum Gasteiger partial charge on any atom is 0.344 e. The number of aromatic hydroxyl groups is 1. The number of para-hydroxylation sites is 1. The Bertz CT molecular complexity index is 1140. The number of carbonyl (C=O) groups excluding carboxylic acids is 1. The molecule has 0 saturated carbocycles. The van der Waals surface area contributed by atoms with E-state index in [-0.39, 0.29) is 44.2 Å². The maximum atomic E-state index is 12.3. The minimum absolute atomic E-state index is 0.108. The molecule has 0 saturated heterocycles. The Morgan fingerprint density at radius 1 is 1.26 bits per heavy atom. The Balaban J connectivity index is 2.06. The molecule has 0 aromatic heterocycles. The Hall–Kier alpha value is -3.79. The SMILES string of the molecule is CCOc1cccc(/C=C2/SC(=Nc3cccc([N+](=O)[O-])c3)C(C(=O)OC)=C2O)c1O. The number of esters is 1. The predicted molar refractivity (Wildman–Crippen MR) is 117 cm³/mol. The van der Waals surface area contributed by atoms with Crippen LogP contribution in [0.3, 0.4) is 0 Å². The molecule has 0 amide bonds. The van der Waals surface area contributed by atoms with Crippen molar-refractivity contribution in [1.82, 2.24) is 0 Å². The molecule has 0 fully saturated rings. The fourth-order valence-electron chi connectivity index (χ4n) is 2.75. The number of hydrogen-bond donors (Lipinski definition) is 2. The summed E-state index contributed by atoms with van der Waals surface area (Å²) < 4.78 is 10.1. The van der Waals surface area contributed by atoms with Gasteiger partial charge in [0.05, 0.1) is 29.2 Å². The highest BCUT2D eigenvalue weighted by Crippen LogP contribution is 2.42. The molecule has 10 heteroatoms. The first-order valence-electron chi connectivity index (χ1n) is 9.05. The molecule has 1 heterocycles. The van der Waals surface area contributed by atoms with Gasteiger partial charge in [-0.1, -0.05) is 30.0 Å². The molecule has 0 spiro atoms. The van der Waals surface area contributed by atoms with Gasteiger partial charge in [-0.2, -0.15) is 0 Å². The summed E-state index contributed by atoms with van der Waals surface area (Å²) in [5, 5.41) is 32.2. The highest BCUT2D eigenvalue weighted by atomic mass is 32.2. The van der Waals surface area contributed by atoms with E-state index in [9.17, 15) is 25.1 Å². The predicted octanol–water partition coefficient (Wildman–Crippen LogP) is 4.50. The van der Waals surface area contributed by atoms with Crippen molar-refractivity contribution in [1.29, 1.82) is 0 Å². The lowest BCUT2D eigenvalue weighted by Crippen LogP contribution is -2.10. The largest absolute Gasteiger partial charge is 0.506 e. The highest BCUT2D eigenvalue weighted by Gasteiger charge is 2.33. The summed E-state index contributed by atoms with van der Waals surface area (Å²) in [6, 6.07) is 10.5. The first-order chi connectivity index (χ1) is 14.8. The number of ether oxygens (including phenoxy) is 2. The number of aliphatic hydroxyl groups excluding tert-OH is 1. The first kappa shape index (κ1) is 21.9. The minimum atomic E-state index is -0.815. The summed E-state index contributed by atoms with van der Waals surface area (Å²) in [6.45, 7) is 2.14. The van der Waals surface area contributed by atoms with E-state index in [1.54, 1.807) is 25.1 Å². The van der Waals surface area contributed by atoms with Crippen LogP contribution in [0.2, 0.25) is 0 Å². The zero-order valence-electron chi connectivity index (χ0n) is 16.6. The Morgan fingerprint density at radius 3 is 2.68 bits per heavy atom. The number of methoxy groups -OCH3 is 1.